The van der Waals surface area contributed by atoms with Crippen molar-refractivity contribution in [1.29, 1.82) is 0 Å². The Labute approximate surface area is 188 Å². The molecule has 3 heterocycles. The van der Waals surface area contributed by atoms with Crippen molar-refractivity contribution in [3.8, 4) is 11.4 Å². The third-order valence-electron chi connectivity index (χ3n) is 5.49. The van der Waals surface area contributed by atoms with E-state index in [0.717, 1.165) is 11.3 Å². The van der Waals surface area contributed by atoms with Crippen LogP contribution in [0.2, 0.25) is 0 Å². The van der Waals surface area contributed by atoms with E-state index in [2.05, 4.69) is 10.4 Å². The monoisotopic (exact) mass is 447 g/mol. The molecule has 4 aromatic rings. The number of rotatable bonds is 5. The Morgan fingerprint density at radius 3 is 2.91 bits per heavy atom. The second kappa shape index (κ2) is 8.16. The highest BCUT2D eigenvalue weighted by Crippen LogP contribution is 2.34. The third kappa shape index (κ3) is 3.54. The number of methoxy groups -OCH3 is 1. The molecule has 0 spiro atoms. The highest BCUT2D eigenvalue weighted by molar-refractivity contribution is 7.99. The smallest absolute Gasteiger partial charge is 0.265 e. The van der Waals surface area contributed by atoms with Crippen molar-refractivity contribution in [3.05, 3.63) is 70.6 Å². The first kappa shape index (κ1) is 20.3. The van der Waals surface area contributed by atoms with Gasteiger partial charge in [0.2, 0.25) is 5.91 Å². The van der Waals surface area contributed by atoms with Crippen LogP contribution in [0, 0.1) is 6.92 Å². The summed E-state index contributed by atoms with van der Waals surface area (Å²) in [5, 5.41) is 8.36. The maximum atomic E-state index is 13.3. The number of nitrogens with zero attached hydrogens (tertiary/aromatic N) is 4. The lowest BCUT2D eigenvalue weighted by Gasteiger charge is -2.14. The van der Waals surface area contributed by atoms with E-state index in [9.17, 15) is 9.59 Å². The molecule has 0 saturated heterocycles. The van der Waals surface area contributed by atoms with Crippen LogP contribution in [-0.2, 0) is 4.79 Å². The Morgan fingerprint density at radius 1 is 1.25 bits per heavy atom. The number of anilines is 1. The SMILES string of the molecule is COc1cccc(NC(=O)CC2CSc3nc4c(cnn4-c4ccccc4C)c(=O)n32)c1. The molecular formula is C23H21N5O3S. The standard InChI is InChI=1S/C23H21N5O3S/c1-14-6-3-4-9-19(14)28-21-18(12-24-28)22(30)27-16(13-32-23(27)26-21)11-20(29)25-15-7-5-8-17(10-15)31-2/h3-10,12,16H,11,13H2,1-2H3,(H,25,29). The third-order valence-corrected chi connectivity index (χ3v) is 6.59. The number of amides is 1. The summed E-state index contributed by atoms with van der Waals surface area (Å²) in [6.07, 6.45) is 1.73. The zero-order valence-corrected chi connectivity index (χ0v) is 18.4. The highest BCUT2D eigenvalue weighted by atomic mass is 32.2. The number of aryl methyl sites for hydroxylation is 1. The molecule has 8 nitrogen and oxygen atoms in total. The van der Waals surface area contributed by atoms with E-state index in [1.54, 1.807) is 34.7 Å². The van der Waals surface area contributed by atoms with Gasteiger partial charge in [0.1, 0.15) is 11.1 Å². The molecule has 9 heteroatoms. The lowest BCUT2D eigenvalue weighted by molar-refractivity contribution is -0.116. The summed E-state index contributed by atoms with van der Waals surface area (Å²) in [4.78, 5) is 30.7. The minimum atomic E-state index is -0.271. The molecule has 162 valence electrons. The van der Waals surface area contributed by atoms with Gasteiger partial charge in [0.15, 0.2) is 10.8 Å². The quantitative estimate of drug-likeness (QED) is 0.470. The minimum Gasteiger partial charge on any atom is -0.497 e. The van der Waals surface area contributed by atoms with E-state index >= 15 is 0 Å². The number of thioether (sulfide) groups is 1. The molecule has 1 aliphatic rings. The van der Waals surface area contributed by atoms with E-state index in [1.807, 2.05) is 43.3 Å². The molecule has 1 atom stereocenters. The van der Waals surface area contributed by atoms with Gasteiger partial charge in [0.05, 0.1) is 25.0 Å². The van der Waals surface area contributed by atoms with E-state index < -0.39 is 0 Å². The molecule has 1 aliphatic heterocycles. The van der Waals surface area contributed by atoms with Crippen LogP contribution >= 0.6 is 11.8 Å². The fourth-order valence-electron chi connectivity index (χ4n) is 3.89. The van der Waals surface area contributed by atoms with Crippen molar-refractivity contribution in [1.82, 2.24) is 19.3 Å². The molecule has 32 heavy (non-hydrogen) atoms. The number of hydrogen-bond donors (Lipinski definition) is 1. The van der Waals surface area contributed by atoms with Crippen molar-refractivity contribution in [3.63, 3.8) is 0 Å². The predicted octanol–water partition coefficient (Wildman–Crippen LogP) is 3.57. The number of carbonyl (C=O) groups excluding carboxylic acids is 1. The van der Waals surface area contributed by atoms with Crippen LogP contribution in [0.25, 0.3) is 16.7 Å². The number of aromatic nitrogens is 4. The normalized spacial score (nSPS) is 15.0. The summed E-state index contributed by atoms with van der Waals surface area (Å²) in [7, 11) is 1.58. The topological polar surface area (TPSA) is 91.0 Å². The number of nitrogens with one attached hydrogen (secondary N) is 1. The zero-order chi connectivity index (χ0) is 22.2. The summed E-state index contributed by atoms with van der Waals surface area (Å²) in [5.74, 6) is 1.11. The molecule has 1 amide bonds. The Hall–Kier alpha value is -3.59. The fraction of sp³-hybridized carbons (Fsp3) is 0.217. The molecular weight excluding hydrogens is 426 g/mol. The second-order valence-electron chi connectivity index (χ2n) is 7.60. The zero-order valence-electron chi connectivity index (χ0n) is 17.6. The molecule has 0 aliphatic carbocycles. The first-order valence-corrected chi connectivity index (χ1v) is 11.2. The molecule has 0 radical (unpaired) electrons. The lowest BCUT2D eigenvalue weighted by Crippen LogP contribution is -2.27. The number of hydrogen-bond acceptors (Lipinski definition) is 6. The number of para-hydroxylation sites is 1. The van der Waals surface area contributed by atoms with Crippen LogP contribution in [0.5, 0.6) is 5.75 Å². The first-order valence-electron chi connectivity index (χ1n) is 10.2. The Balaban J connectivity index is 1.44. The van der Waals surface area contributed by atoms with Crippen LogP contribution in [0.15, 0.2) is 64.7 Å². The van der Waals surface area contributed by atoms with Gasteiger partial charge in [-0.1, -0.05) is 36.0 Å². The van der Waals surface area contributed by atoms with E-state index in [-0.39, 0.29) is 23.9 Å². The van der Waals surface area contributed by atoms with E-state index in [1.165, 1.54) is 11.8 Å². The molecule has 2 aromatic heterocycles. The van der Waals surface area contributed by atoms with Gasteiger partial charge in [-0.25, -0.2) is 9.67 Å². The van der Waals surface area contributed by atoms with Gasteiger partial charge in [0.25, 0.3) is 5.56 Å². The van der Waals surface area contributed by atoms with Crippen LogP contribution < -0.4 is 15.6 Å². The van der Waals surface area contributed by atoms with Crippen molar-refractivity contribution >= 4 is 34.4 Å². The Morgan fingerprint density at radius 2 is 2.09 bits per heavy atom. The van der Waals surface area contributed by atoms with Gasteiger partial charge < -0.3 is 10.1 Å². The summed E-state index contributed by atoms with van der Waals surface area (Å²) < 4.78 is 8.53. The maximum Gasteiger partial charge on any atom is 0.265 e. The first-order chi connectivity index (χ1) is 15.5. The number of fused-ring (bicyclic) bond motifs is 2. The van der Waals surface area contributed by atoms with E-state index in [4.69, 9.17) is 9.72 Å². The van der Waals surface area contributed by atoms with Gasteiger partial charge in [-0.3, -0.25) is 14.2 Å². The van der Waals surface area contributed by atoms with Crippen LogP contribution in [-0.4, -0.2) is 38.1 Å². The molecule has 5 rings (SSSR count). The number of carbonyl (C=O) groups is 1. The van der Waals surface area contributed by atoms with Gasteiger partial charge in [-0.2, -0.15) is 5.10 Å². The van der Waals surface area contributed by atoms with Gasteiger partial charge in [-0.05, 0) is 30.7 Å². The van der Waals surface area contributed by atoms with E-state index in [0.29, 0.717) is 33.4 Å². The highest BCUT2D eigenvalue weighted by Gasteiger charge is 2.29. The Bertz CT molecular complexity index is 1390. The summed E-state index contributed by atoms with van der Waals surface area (Å²) in [6, 6.07) is 14.7. The van der Waals surface area contributed by atoms with Gasteiger partial charge >= 0.3 is 0 Å². The number of ether oxygens (including phenoxy) is 1. The molecule has 0 saturated carbocycles. The summed E-state index contributed by atoms with van der Waals surface area (Å²) in [6.45, 7) is 1.99. The molecule has 1 unspecified atom stereocenters. The predicted molar refractivity (Wildman–Crippen MR) is 124 cm³/mol. The average Bonchev–Trinajstić information content (AvgIpc) is 3.39. The molecule has 2 aromatic carbocycles. The van der Waals surface area contributed by atoms with Crippen molar-refractivity contribution < 1.29 is 9.53 Å². The van der Waals surface area contributed by atoms with Crippen LogP contribution in [0.3, 0.4) is 0 Å². The molecule has 0 fully saturated rings. The largest absolute Gasteiger partial charge is 0.497 e. The second-order valence-corrected chi connectivity index (χ2v) is 8.59. The van der Waals surface area contributed by atoms with Crippen molar-refractivity contribution in [2.24, 2.45) is 0 Å². The maximum absolute atomic E-state index is 13.3. The van der Waals surface area contributed by atoms with Crippen LogP contribution in [0.4, 0.5) is 5.69 Å². The molecule has 0 bridgehead atoms. The van der Waals surface area contributed by atoms with Crippen LogP contribution in [0.1, 0.15) is 18.0 Å². The number of benzene rings is 2. The van der Waals surface area contributed by atoms with Gasteiger partial charge in [0, 0.05) is 23.9 Å². The van der Waals surface area contributed by atoms with Crippen molar-refractivity contribution in [2.75, 3.05) is 18.2 Å². The van der Waals surface area contributed by atoms with Crippen molar-refractivity contribution in [2.45, 2.75) is 24.5 Å². The average molecular weight is 448 g/mol. The minimum absolute atomic E-state index is 0.167. The fourth-order valence-corrected chi connectivity index (χ4v) is 5.02. The molecule has 1 N–H and O–H groups in total. The summed E-state index contributed by atoms with van der Waals surface area (Å²) >= 11 is 1.48. The lowest BCUT2D eigenvalue weighted by atomic mass is 10.2. The summed E-state index contributed by atoms with van der Waals surface area (Å²) in [5.41, 5.74) is 2.94. The van der Waals surface area contributed by atoms with Gasteiger partial charge in [-0.15, -0.1) is 0 Å². The Kier molecular flexibility index (Phi) is 5.18.